The average molecular weight is 374 g/mol. The zero-order valence-corrected chi connectivity index (χ0v) is 15.9. The maximum atomic E-state index is 9.80. The molecule has 0 amide bonds. The first kappa shape index (κ1) is 17.9. The van der Waals surface area contributed by atoms with Crippen molar-refractivity contribution < 1.29 is 5.11 Å². The molecule has 0 unspecified atom stereocenters. The monoisotopic (exact) mass is 374 g/mol. The van der Waals surface area contributed by atoms with Crippen LogP contribution in [0.3, 0.4) is 0 Å². The topological polar surface area (TPSA) is 88.2 Å². The van der Waals surface area contributed by atoms with E-state index in [1.807, 2.05) is 6.07 Å². The number of phenolic OH excluding ortho intramolecular Hbond substituents is 1. The number of hydrogen-bond donors (Lipinski definition) is 2. The highest BCUT2D eigenvalue weighted by Crippen LogP contribution is 2.28. The predicted octanol–water partition coefficient (Wildman–Crippen LogP) is 4.24. The zero-order valence-electron chi connectivity index (χ0n) is 15.9. The number of rotatable bonds is 6. The minimum absolute atomic E-state index is 0.164. The Kier molecular flexibility index (Phi) is 4.89. The molecular formula is C21H22N6O. The summed E-state index contributed by atoms with van der Waals surface area (Å²) in [6.07, 6.45) is 3.69. The van der Waals surface area contributed by atoms with Crippen molar-refractivity contribution in [1.29, 1.82) is 0 Å². The highest BCUT2D eigenvalue weighted by molar-refractivity contribution is 6.04. The van der Waals surface area contributed by atoms with E-state index < -0.39 is 0 Å². The third kappa shape index (κ3) is 3.38. The fraction of sp³-hybridized carbons (Fsp3) is 0.238. The minimum Gasteiger partial charge on any atom is -0.507 e. The predicted molar refractivity (Wildman–Crippen MR) is 112 cm³/mol. The molecule has 0 aliphatic carbocycles. The maximum absolute atomic E-state index is 9.80. The Morgan fingerprint density at radius 1 is 1.18 bits per heavy atom. The summed E-state index contributed by atoms with van der Waals surface area (Å²) in [6.45, 7) is 5.12. The molecule has 2 aromatic heterocycles. The number of aromatic hydroxyl groups is 1. The second kappa shape index (κ2) is 7.64. The molecular weight excluding hydrogens is 352 g/mol. The van der Waals surface area contributed by atoms with Crippen LogP contribution in [0.5, 0.6) is 5.75 Å². The lowest BCUT2D eigenvalue weighted by Crippen LogP contribution is -2.03. The van der Waals surface area contributed by atoms with Crippen LogP contribution >= 0.6 is 0 Å². The summed E-state index contributed by atoms with van der Waals surface area (Å²) in [5, 5.41) is 23.6. The molecule has 2 N–H and O–H groups in total. The van der Waals surface area contributed by atoms with Gasteiger partial charge in [-0.05, 0) is 37.6 Å². The number of nitrogens with zero attached hydrogens (tertiary/aromatic N) is 5. The first-order valence-electron chi connectivity index (χ1n) is 9.37. The molecule has 0 fully saturated rings. The number of hydrazone groups is 1. The van der Waals surface area contributed by atoms with Crippen LogP contribution in [0.4, 0.5) is 5.95 Å². The number of para-hydroxylation sites is 1. The summed E-state index contributed by atoms with van der Waals surface area (Å²) in [6, 6.07) is 13.3. The Labute approximate surface area is 162 Å². The normalized spacial score (nSPS) is 11.6. The number of nitrogens with one attached hydrogen (secondary N) is 1. The zero-order chi connectivity index (χ0) is 19.5. The molecule has 0 spiro atoms. The van der Waals surface area contributed by atoms with Crippen LogP contribution in [0.1, 0.15) is 30.9 Å². The van der Waals surface area contributed by atoms with Gasteiger partial charge < -0.3 is 9.67 Å². The van der Waals surface area contributed by atoms with Crippen LogP contribution in [-0.4, -0.2) is 31.1 Å². The highest BCUT2D eigenvalue weighted by Gasteiger charge is 2.14. The number of fused-ring (bicyclic) bond motifs is 3. The Bertz CT molecular complexity index is 1160. The van der Waals surface area contributed by atoms with E-state index in [2.05, 4.69) is 62.3 Å². The van der Waals surface area contributed by atoms with Gasteiger partial charge in [-0.1, -0.05) is 37.1 Å². The lowest BCUT2D eigenvalue weighted by atomic mass is 10.2. The van der Waals surface area contributed by atoms with Gasteiger partial charge in [0.1, 0.15) is 11.3 Å². The van der Waals surface area contributed by atoms with Crippen molar-refractivity contribution in [3.8, 4) is 5.75 Å². The molecule has 0 bridgehead atoms. The van der Waals surface area contributed by atoms with E-state index in [0.717, 1.165) is 41.5 Å². The molecule has 4 rings (SSSR count). The summed E-state index contributed by atoms with van der Waals surface area (Å²) in [5.41, 5.74) is 7.31. The molecule has 4 aromatic rings. The molecule has 7 nitrogen and oxygen atoms in total. The van der Waals surface area contributed by atoms with E-state index in [1.54, 1.807) is 18.2 Å². The van der Waals surface area contributed by atoms with Crippen molar-refractivity contribution in [2.75, 3.05) is 5.43 Å². The quantitative estimate of drug-likeness (QED) is 0.389. The number of anilines is 1. The fourth-order valence-electron chi connectivity index (χ4n) is 3.22. The molecule has 7 heteroatoms. The average Bonchev–Trinajstić information content (AvgIpc) is 3.00. The number of hydrogen-bond acceptors (Lipinski definition) is 6. The molecule has 0 saturated heterocycles. The first-order chi connectivity index (χ1) is 13.7. The second-order valence-corrected chi connectivity index (χ2v) is 6.76. The molecule has 0 aliphatic heterocycles. The molecule has 2 aromatic carbocycles. The van der Waals surface area contributed by atoms with E-state index in [9.17, 15) is 5.11 Å². The number of aryl methyl sites for hydroxylation is 2. The standard InChI is InChI=1S/C21H22N6O/c1-3-4-11-27-17-10-9-14(2)12-16(17)19-20(27)23-21(26-24-19)25-22-13-15-7-5-6-8-18(15)28/h5-10,12-13,28H,3-4,11H2,1-2H3,(H,23,25,26)/b22-13+. The Morgan fingerprint density at radius 2 is 2.04 bits per heavy atom. The van der Waals surface area contributed by atoms with Gasteiger partial charge in [0, 0.05) is 17.5 Å². The molecule has 0 saturated carbocycles. The van der Waals surface area contributed by atoms with E-state index in [1.165, 1.54) is 11.8 Å². The smallest absolute Gasteiger partial charge is 0.265 e. The van der Waals surface area contributed by atoms with Gasteiger partial charge in [-0.15, -0.1) is 10.2 Å². The third-order valence-corrected chi connectivity index (χ3v) is 4.66. The summed E-state index contributed by atoms with van der Waals surface area (Å²) in [7, 11) is 0. The van der Waals surface area contributed by atoms with Gasteiger partial charge in [-0.3, -0.25) is 0 Å². The SMILES string of the molecule is CCCCn1c2ccc(C)cc2c2nnc(N/N=C/c3ccccc3O)nc21. The van der Waals surface area contributed by atoms with Crippen molar-refractivity contribution in [3.63, 3.8) is 0 Å². The third-order valence-electron chi connectivity index (χ3n) is 4.66. The maximum Gasteiger partial charge on any atom is 0.265 e. The molecule has 142 valence electrons. The lowest BCUT2D eigenvalue weighted by Gasteiger charge is -2.06. The molecule has 2 heterocycles. The van der Waals surface area contributed by atoms with E-state index in [0.29, 0.717) is 11.5 Å². The second-order valence-electron chi connectivity index (χ2n) is 6.76. The van der Waals surface area contributed by atoms with E-state index in [-0.39, 0.29) is 5.75 Å². The first-order valence-corrected chi connectivity index (χ1v) is 9.37. The van der Waals surface area contributed by atoms with Crippen LogP contribution in [0.15, 0.2) is 47.6 Å². The minimum atomic E-state index is 0.164. The van der Waals surface area contributed by atoms with E-state index in [4.69, 9.17) is 0 Å². The van der Waals surface area contributed by atoms with Crippen molar-refractivity contribution in [3.05, 3.63) is 53.6 Å². The van der Waals surface area contributed by atoms with Crippen LogP contribution in [-0.2, 0) is 6.54 Å². The van der Waals surface area contributed by atoms with Crippen molar-refractivity contribution in [2.45, 2.75) is 33.2 Å². The van der Waals surface area contributed by atoms with Crippen LogP contribution < -0.4 is 5.43 Å². The Morgan fingerprint density at radius 3 is 2.86 bits per heavy atom. The summed E-state index contributed by atoms with van der Waals surface area (Å²) < 4.78 is 2.19. The lowest BCUT2D eigenvalue weighted by molar-refractivity contribution is 0.474. The van der Waals surface area contributed by atoms with Crippen LogP contribution in [0.2, 0.25) is 0 Å². The summed E-state index contributed by atoms with van der Waals surface area (Å²) in [4.78, 5) is 4.65. The van der Waals surface area contributed by atoms with Gasteiger partial charge >= 0.3 is 0 Å². The largest absolute Gasteiger partial charge is 0.507 e. The molecule has 28 heavy (non-hydrogen) atoms. The molecule has 0 aliphatic rings. The van der Waals surface area contributed by atoms with Crippen LogP contribution in [0.25, 0.3) is 22.1 Å². The van der Waals surface area contributed by atoms with Gasteiger partial charge in [0.05, 0.1) is 11.7 Å². The number of phenols is 1. The number of aromatic nitrogens is 4. The fourth-order valence-corrected chi connectivity index (χ4v) is 3.22. The van der Waals surface area contributed by atoms with Crippen molar-refractivity contribution in [2.24, 2.45) is 5.10 Å². The Hall–Kier alpha value is -3.48. The van der Waals surface area contributed by atoms with E-state index >= 15 is 0 Å². The van der Waals surface area contributed by atoms with Gasteiger partial charge in [-0.2, -0.15) is 10.1 Å². The van der Waals surface area contributed by atoms with Crippen molar-refractivity contribution in [1.82, 2.24) is 19.7 Å². The Balaban J connectivity index is 1.71. The number of benzene rings is 2. The van der Waals surface area contributed by atoms with Crippen LogP contribution in [0, 0.1) is 6.92 Å². The van der Waals surface area contributed by atoms with Gasteiger partial charge in [0.2, 0.25) is 0 Å². The summed E-state index contributed by atoms with van der Waals surface area (Å²) >= 11 is 0. The molecule has 0 atom stereocenters. The van der Waals surface area contributed by atoms with Crippen molar-refractivity contribution >= 4 is 34.2 Å². The van der Waals surface area contributed by atoms with Gasteiger partial charge in [0.25, 0.3) is 5.95 Å². The highest BCUT2D eigenvalue weighted by atomic mass is 16.3. The van der Waals surface area contributed by atoms with Gasteiger partial charge in [0.15, 0.2) is 5.65 Å². The molecule has 0 radical (unpaired) electrons. The van der Waals surface area contributed by atoms with Gasteiger partial charge in [-0.25, -0.2) is 5.43 Å². The summed E-state index contributed by atoms with van der Waals surface area (Å²) in [5.74, 6) is 0.481. The number of unbranched alkanes of at least 4 members (excludes halogenated alkanes) is 1.